The molecule has 0 aliphatic heterocycles. The van der Waals surface area contributed by atoms with Crippen LogP contribution in [0, 0.1) is 11.8 Å². The van der Waals surface area contributed by atoms with Crippen LogP contribution in [0.25, 0.3) is 0 Å². The third-order valence-corrected chi connectivity index (χ3v) is 1.84. The maximum Gasteiger partial charge on any atom is 0.308 e. The molecule has 0 radical (unpaired) electrons. The zero-order valence-corrected chi connectivity index (χ0v) is 9.22. The molecule has 0 saturated heterocycles. The van der Waals surface area contributed by atoms with Crippen molar-refractivity contribution in [3.8, 4) is 17.6 Å². The van der Waals surface area contributed by atoms with E-state index in [-0.39, 0.29) is 6.42 Å². The lowest BCUT2D eigenvalue weighted by Crippen LogP contribution is -2.29. The van der Waals surface area contributed by atoms with Crippen LogP contribution in [0.2, 0.25) is 0 Å². The van der Waals surface area contributed by atoms with E-state index in [1.807, 2.05) is 0 Å². The molecule has 0 aliphatic carbocycles. The molecule has 1 aromatic rings. The molecule has 0 spiro atoms. The fraction of sp³-hybridized carbons (Fsp3) is 0.154. The lowest BCUT2D eigenvalue weighted by molar-refractivity contribution is -0.138. The molecular formula is C13H13NO3. The minimum atomic E-state index is -0.994. The second-order valence-electron chi connectivity index (χ2n) is 3.25. The van der Waals surface area contributed by atoms with E-state index in [9.17, 15) is 4.79 Å². The topological polar surface area (TPSA) is 72.5 Å². The molecule has 0 heterocycles. The predicted octanol–water partition coefficient (Wildman–Crippen LogP) is 1.36. The lowest BCUT2D eigenvalue weighted by atomic mass is 10.2. The summed E-state index contributed by atoms with van der Waals surface area (Å²) >= 11 is 0. The van der Waals surface area contributed by atoms with Crippen LogP contribution in [0.3, 0.4) is 0 Å². The molecule has 1 aromatic carbocycles. The Labute approximate surface area is 99.7 Å². The van der Waals surface area contributed by atoms with Crippen LogP contribution in [-0.4, -0.2) is 17.3 Å². The number of nitrogens with two attached hydrogens (primary N) is 1. The van der Waals surface area contributed by atoms with Crippen LogP contribution >= 0.6 is 0 Å². The second-order valence-corrected chi connectivity index (χ2v) is 3.25. The predicted molar refractivity (Wildman–Crippen MR) is 64.4 cm³/mol. The molecule has 3 N–H and O–H groups in total. The van der Waals surface area contributed by atoms with Crippen molar-refractivity contribution in [2.24, 2.45) is 5.73 Å². The van der Waals surface area contributed by atoms with Crippen molar-refractivity contribution in [1.82, 2.24) is 0 Å². The first-order valence-corrected chi connectivity index (χ1v) is 4.98. The number of aliphatic carboxylic acids is 1. The first-order chi connectivity index (χ1) is 8.11. The molecular weight excluding hydrogens is 218 g/mol. The van der Waals surface area contributed by atoms with Crippen molar-refractivity contribution in [2.45, 2.75) is 12.6 Å². The van der Waals surface area contributed by atoms with Gasteiger partial charge in [-0.15, -0.1) is 0 Å². The summed E-state index contributed by atoms with van der Waals surface area (Å²) in [6, 6.07) is 6.91. The van der Waals surface area contributed by atoms with Crippen molar-refractivity contribution < 1.29 is 14.6 Å². The fourth-order valence-electron chi connectivity index (χ4n) is 1.14. The maximum absolute atomic E-state index is 10.4. The summed E-state index contributed by atoms with van der Waals surface area (Å²) in [4.78, 5) is 10.4. The van der Waals surface area contributed by atoms with Crippen molar-refractivity contribution in [2.75, 3.05) is 0 Å². The molecule has 0 fully saturated rings. The van der Waals surface area contributed by atoms with Gasteiger partial charge in [0.2, 0.25) is 0 Å². The first kappa shape index (κ1) is 12.8. The normalized spacial score (nSPS) is 10.9. The average Bonchev–Trinajstić information content (AvgIpc) is 2.27. The van der Waals surface area contributed by atoms with Gasteiger partial charge >= 0.3 is 5.97 Å². The van der Waals surface area contributed by atoms with Crippen molar-refractivity contribution in [3.63, 3.8) is 0 Å². The van der Waals surface area contributed by atoms with Gasteiger partial charge in [0.05, 0.1) is 6.42 Å². The number of benzene rings is 1. The molecule has 0 saturated carbocycles. The summed E-state index contributed by atoms with van der Waals surface area (Å²) < 4.78 is 5.21. The van der Waals surface area contributed by atoms with E-state index in [0.717, 1.165) is 5.56 Å². The molecule has 0 aliphatic rings. The third kappa shape index (κ3) is 4.87. The maximum atomic E-state index is 10.4. The lowest BCUT2D eigenvalue weighted by Gasteiger charge is -2.12. The molecule has 17 heavy (non-hydrogen) atoms. The number of rotatable bonds is 4. The Morgan fingerprint density at radius 3 is 2.71 bits per heavy atom. The Morgan fingerprint density at radius 1 is 1.53 bits per heavy atom. The number of carboxylic acids is 1. The Hall–Kier alpha value is -2.25. The fourth-order valence-corrected chi connectivity index (χ4v) is 1.14. The third-order valence-electron chi connectivity index (χ3n) is 1.84. The van der Waals surface area contributed by atoms with E-state index in [4.69, 9.17) is 15.6 Å². The summed E-state index contributed by atoms with van der Waals surface area (Å²) in [7, 11) is 0. The van der Waals surface area contributed by atoms with Gasteiger partial charge in [-0.2, -0.15) is 0 Å². The van der Waals surface area contributed by atoms with E-state index in [0.29, 0.717) is 5.75 Å². The standard InChI is InChI=1S/C13H13NO3/c1-2-3-4-10-5-7-11(8-6-10)17-12(14)9-13(15)16/h2,5-8,12H,1,9,14H2,(H,15,16). The molecule has 88 valence electrons. The van der Waals surface area contributed by atoms with Gasteiger partial charge in [-0.1, -0.05) is 18.4 Å². The monoisotopic (exact) mass is 231 g/mol. The molecule has 1 unspecified atom stereocenters. The Kier molecular flexibility index (Phi) is 4.79. The van der Waals surface area contributed by atoms with E-state index in [1.54, 1.807) is 24.3 Å². The summed E-state index contributed by atoms with van der Waals surface area (Å²) in [6.45, 7) is 3.49. The van der Waals surface area contributed by atoms with Gasteiger partial charge in [-0.05, 0) is 30.3 Å². The molecule has 1 rings (SSSR count). The van der Waals surface area contributed by atoms with Gasteiger partial charge in [0, 0.05) is 5.56 Å². The minimum Gasteiger partial charge on any atom is -0.481 e. The highest BCUT2D eigenvalue weighted by Gasteiger charge is 2.08. The zero-order chi connectivity index (χ0) is 12.7. The number of ether oxygens (including phenoxy) is 1. The highest BCUT2D eigenvalue weighted by atomic mass is 16.5. The molecule has 4 nitrogen and oxygen atoms in total. The number of carboxylic acid groups (broad SMARTS) is 1. The van der Waals surface area contributed by atoms with Crippen LogP contribution in [0.4, 0.5) is 0 Å². The number of carbonyl (C=O) groups is 1. The van der Waals surface area contributed by atoms with Crippen molar-refractivity contribution in [1.29, 1.82) is 0 Å². The van der Waals surface area contributed by atoms with Crippen LogP contribution in [-0.2, 0) is 4.79 Å². The molecule has 0 amide bonds. The quantitative estimate of drug-likeness (QED) is 0.606. The first-order valence-electron chi connectivity index (χ1n) is 4.98. The average molecular weight is 231 g/mol. The van der Waals surface area contributed by atoms with Gasteiger partial charge in [0.1, 0.15) is 5.75 Å². The minimum absolute atomic E-state index is 0.238. The van der Waals surface area contributed by atoms with Crippen LogP contribution in [0.1, 0.15) is 12.0 Å². The van der Waals surface area contributed by atoms with Gasteiger partial charge in [-0.25, -0.2) is 0 Å². The van der Waals surface area contributed by atoms with Crippen LogP contribution in [0.5, 0.6) is 5.75 Å². The number of hydrogen-bond donors (Lipinski definition) is 2. The Bertz CT molecular complexity index is 454. The zero-order valence-electron chi connectivity index (χ0n) is 9.22. The summed E-state index contributed by atoms with van der Waals surface area (Å²) in [5.74, 6) is 5.10. The van der Waals surface area contributed by atoms with Crippen molar-refractivity contribution in [3.05, 3.63) is 42.5 Å². The summed E-state index contributed by atoms with van der Waals surface area (Å²) in [6.07, 6.45) is 0.420. The Balaban J connectivity index is 2.62. The van der Waals surface area contributed by atoms with Crippen LogP contribution < -0.4 is 10.5 Å². The number of hydrogen-bond acceptors (Lipinski definition) is 3. The van der Waals surface area contributed by atoms with E-state index >= 15 is 0 Å². The second kappa shape index (κ2) is 6.36. The SMILES string of the molecule is C=CC#Cc1ccc(OC(N)CC(=O)O)cc1. The van der Waals surface area contributed by atoms with Gasteiger partial charge in [0.15, 0.2) is 6.23 Å². The molecule has 0 aromatic heterocycles. The highest BCUT2D eigenvalue weighted by Crippen LogP contribution is 2.13. The molecule has 1 atom stereocenters. The smallest absolute Gasteiger partial charge is 0.308 e. The van der Waals surface area contributed by atoms with E-state index < -0.39 is 12.2 Å². The molecule has 4 heteroatoms. The summed E-state index contributed by atoms with van der Waals surface area (Å²) in [5.41, 5.74) is 6.30. The van der Waals surface area contributed by atoms with Gasteiger partial charge < -0.3 is 9.84 Å². The van der Waals surface area contributed by atoms with Gasteiger partial charge in [0.25, 0.3) is 0 Å². The van der Waals surface area contributed by atoms with E-state index in [2.05, 4.69) is 18.4 Å². The van der Waals surface area contributed by atoms with Crippen LogP contribution in [0.15, 0.2) is 36.9 Å². The summed E-state index contributed by atoms with van der Waals surface area (Å²) in [5, 5.41) is 8.52. The largest absolute Gasteiger partial charge is 0.481 e. The highest BCUT2D eigenvalue weighted by molar-refractivity contribution is 5.67. The van der Waals surface area contributed by atoms with E-state index in [1.165, 1.54) is 6.08 Å². The number of allylic oxidation sites excluding steroid dienone is 1. The van der Waals surface area contributed by atoms with Crippen molar-refractivity contribution >= 4 is 5.97 Å². The van der Waals surface area contributed by atoms with Gasteiger partial charge in [-0.3, -0.25) is 10.5 Å². The Morgan fingerprint density at radius 2 is 2.18 bits per heavy atom. The molecule has 0 bridgehead atoms.